The third-order valence-electron chi connectivity index (χ3n) is 3.38. The average Bonchev–Trinajstić information content (AvgIpc) is 2.84. The first-order valence-corrected chi connectivity index (χ1v) is 8.38. The van der Waals surface area contributed by atoms with Crippen LogP contribution in [0.2, 0.25) is 0 Å². The van der Waals surface area contributed by atoms with E-state index in [1.54, 1.807) is 11.3 Å². The Morgan fingerprint density at radius 1 is 1.30 bits per heavy atom. The number of aryl methyl sites for hydroxylation is 3. The lowest BCUT2D eigenvalue weighted by Gasteiger charge is -2.10. The molecule has 0 saturated carbocycles. The van der Waals surface area contributed by atoms with Gasteiger partial charge in [-0.05, 0) is 67.1 Å². The summed E-state index contributed by atoms with van der Waals surface area (Å²) in [5.74, 6) is 0. The number of thiazole rings is 1. The topological polar surface area (TPSA) is 29.3 Å². The van der Waals surface area contributed by atoms with Gasteiger partial charge in [-0.2, -0.15) is 0 Å². The molecule has 3 nitrogen and oxygen atoms in total. The van der Waals surface area contributed by atoms with Crippen molar-refractivity contribution in [2.45, 2.75) is 27.3 Å². The summed E-state index contributed by atoms with van der Waals surface area (Å²) in [6.07, 6.45) is 2.16. The van der Waals surface area contributed by atoms with Crippen LogP contribution in [0.15, 0.2) is 24.4 Å². The van der Waals surface area contributed by atoms with E-state index in [0.717, 1.165) is 17.2 Å². The van der Waals surface area contributed by atoms with Crippen molar-refractivity contribution in [2.75, 3.05) is 5.32 Å². The second-order valence-corrected chi connectivity index (χ2v) is 7.41. The highest BCUT2D eigenvalue weighted by molar-refractivity contribution is 14.1. The van der Waals surface area contributed by atoms with Gasteiger partial charge in [-0.25, -0.2) is 4.98 Å². The van der Waals surface area contributed by atoms with E-state index in [2.05, 4.69) is 82.5 Å². The van der Waals surface area contributed by atoms with Gasteiger partial charge >= 0.3 is 0 Å². The van der Waals surface area contributed by atoms with Crippen molar-refractivity contribution < 1.29 is 0 Å². The fourth-order valence-corrected chi connectivity index (χ4v) is 3.86. The molecule has 5 heteroatoms. The molecule has 0 spiro atoms. The van der Waals surface area contributed by atoms with Crippen LogP contribution in [-0.2, 0) is 6.54 Å². The molecule has 0 aliphatic carbocycles. The standard InChI is InChI=1S/C15H16IN3S/c1-9-6-12(16)4-5-13(9)17-7-14-11(3)18-15-19(14)8-10(2)20-15/h4-6,8,17H,7H2,1-3H3. The van der Waals surface area contributed by atoms with Gasteiger partial charge in [-0.15, -0.1) is 11.3 Å². The number of fused-ring (bicyclic) bond motifs is 1. The molecular formula is C15H16IN3S. The molecule has 1 N–H and O–H groups in total. The number of hydrogen-bond donors (Lipinski definition) is 1. The van der Waals surface area contributed by atoms with Gasteiger partial charge in [-0.3, -0.25) is 4.40 Å². The lowest BCUT2D eigenvalue weighted by molar-refractivity contribution is 0.989. The molecule has 0 fully saturated rings. The van der Waals surface area contributed by atoms with Crippen LogP contribution >= 0.6 is 33.9 Å². The summed E-state index contributed by atoms with van der Waals surface area (Å²) in [6, 6.07) is 6.46. The number of halogens is 1. The number of nitrogens with one attached hydrogen (secondary N) is 1. The Labute approximate surface area is 136 Å². The maximum absolute atomic E-state index is 4.62. The maximum Gasteiger partial charge on any atom is 0.194 e. The van der Waals surface area contributed by atoms with E-state index < -0.39 is 0 Å². The predicted octanol–water partition coefficient (Wildman–Crippen LogP) is 4.54. The fraction of sp³-hybridized carbons (Fsp3) is 0.267. The van der Waals surface area contributed by atoms with Crippen molar-refractivity contribution in [1.82, 2.24) is 9.38 Å². The van der Waals surface area contributed by atoms with E-state index in [1.807, 2.05) is 0 Å². The summed E-state index contributed by atoms with van der Waals surface area (Å²) in [7, 11) is 0. The van der Waals surface area contributed by atoms with E-state index in [1.165, 1.54) is 25.4 Å². The first-order chi connectivity index (χ1) is 9.54. The van der Waals surface area contributed by atoms with E-state index in [-0.39, 0.29) is 0 Å². The molecule has 3 aromatic rings. The summed E-state index contributed by atoms with van der Waals surface area (Å²) in [6.45, 7) is 7.13. The van der Waals surface area contributed by atoms with Crippen LogP contribution in [0.3, 0.4) is 0 Å². The monoisotopic (exact) mass is 397 g/mol. The highest BCUT2D eigenvalue weighted by Crippen LogP contribution is 2.23. The van der Waals surface area contributed by atoms with Gasteiger partial charge in [0.25, 0.3) is 0 Å². The van der Waals surface area contributed by atoms with Gasteiger partial charge in [0.1, 0.15) is 0 Å². The summed E-state index contributed by atoms with van der Waals surface area (Å²) in [4.78, 5) is 6.99. The van der Waals surface area contributed by atoms with E-state index in [9.17, 15) is 0 Å². The number of anilines is 1. The average molecular weight is 397 g/mol. The quantitative estimate of drug-likeness (QED) is 0.658. The number of imidazole rings is 1. The molecule has 0 aliphatic rings. The van der Waals surface area contributed by atoms with Crippen molar-refractivity contribution in [3.8, 4) is 0 Å². The summed E-state index contributed by atoms with van der Waals surface area (Å²) >= 11 is 4.08. The molecule has 0 saturated heterocycles. The second-order valence-electron chi connectivity index (χ2n) is 4.95. The van der Waals surface area contributed by atoms with Crippen LogP contribution in [0, 0.1) is 24.3 Å². The second kappa shape index (κ2) is 5.37. The minimum atomic E-state index is 0.796. The lowest BCUT2D eigenvalue weighted by atomic mass is 10.2. The molecule has 0 aliphatic heterocycles. The molecule has 1 aromatic carbocycles. The van der Waals surface area contributed by atoms with Gasteiger partial charge in [0, 0.05) is 20.3 Å². The largest absolute Gasteiger partial charge is 0.379 e. The zero-order valence-corrected chi connectivity index (χ0v) is 14.7. The predicted molar refractivity (Wildman–Crippen MR) is 93.8 cm³/mol. The zero-order chi connectivity index (χ0) is 14.3. The molecule has 0 bridgehead atoms. The van der Waals surface area contributed by atoms with Crippen LogP contribution in [-0.4, -0.2) is 9.38 Å². The maximum atomic E-state index is 4.62. The van der Waals surface area contributed by atoms with Crippen molar-refractivity contribution >= 4 is 44.6 Å². The van der Waals surface area contributed by atoms with E-state index in [0.29, 0.717) is 0 Å². The van der Waals surface area contributed by atoms with Crippen LogP contribution in [0.1, 0.15) is 21.8 Å². The van der Waals surface area contributed by atoms with Crippen molar-refractivity contribution in [1.29, 1.82) is 0 Å². The van der Waals surface area contributed by atoms with Gasteiger partial charge < -0.3 is 5.32 Å². The molecule has 20 heavy (non-hydrogen) atoms. The molecule has 0 amide bonds. The number of aromatic nitrogens is 2. The summed E-state index contributed by atoms with van der Waals surface area (Å²) < 4.78 is 3.46. The SMILES string of the molecule is Cc1cn2c(CNc3ccc(I)cc3C)c(C)nc2s1. The van der Waals surface area contributed by atoms with Gasteiger partial charge in [-0.1, -0.05) is 0 Å². The first-order valence-electron chi connectivity index (χ1n) is 6.48. The van der Waals surface area contributed by atoms with Crippen molar-refractivity contribution in [3.05, 3.63) is 49.8 Å². The molecule has 0 radical (unpaired) electrons. The third-order valence-corrected chi connectivity index (χ3v) is 4.94. The third kappa shape index (κ3) is 2.56. The van der Waals surface area contributed by atoms with Crippen LogP contribution < -0.4 is 5.32 Å². The summed E-state index contributed by atoms with van der Waals surface area (Å²) in [5.41, 5.74) is 4.80. The Balaban J connectivity index is 1.87. The van der Waals surface area contributed by atoms with Crippen molar-refractivity contribution in [2.24, 2.45) is 0 Å². The number of nitrogens with zero attached hydrogens (tertiary/aromatic N) is 2. The highest BCUT2D eigenvalue weighted by atomic mass is 127. The Kier molecular flexibility index (Phi) is 3.72. The van der Waals surface area contributed by atoms with E-state index in [4.69, 9.17) is 0 Å². The van der Waals surface area contributed by atoms with Crippen molar-refractivity contribution in [3.63, 3.8) is 0 Å². The number of benzene rings is 1. The van der Waals surface area contributed by atoms with Crippen LogP contribution in [0.5, 0.6) is 0 Å². The Morgan fingerprint density at radius 2 is 2.10 bits per heavy atom. The van der Waals surface area contributed by atoms with Gasteiger partial charge in [0.2, 0.25) is 0 Å². The molecule has 3 rings (SSSR count). The molecule has 104 valence electrons. The Morgan fingerprint density at radius 3 is 2.85 bits per heavy atom. The van der Waals surface area contributed by atoms with Gasteiger partial charge in [0.15, 0.2) is 4.96 Å². The lowest BCUT2D eigenvalue weighted by Crippen LogP contribution is -2.04. The number of rotatable bonds is 3. The molecular weight excluding hydrogens is 381 g/mol. The molecule has 0 unspecified atom stereocenters. The fourth-order valence-electron chi connectivity index (χ4n) is 2.33. The molecule has 2 aromatic heterocycles. The highest BCUT2D eigenvalue weighted by Gasteiger charge is 2.11. The van der Waals surface area contributed by atoms with Crippen LogP contribution in [0.25, 0.3) is 4.96 Å². The van der Waals surface area contributed by atoms with Crippen LogP contribution in [0.4, 0.5) is 5.69 Å². The smallest absolute Gasteiger partial charge is 0.194 e. The molecule has 2 heterocycles. The molecule has 0 atom stereocenters. The Bertz CT molecular complexity index is 773. The zero-order valence-electron chi connectivity index (χ0n) is 11.7. The minimum Gasteiger partial charge on any atom is -0.379 e. The number of hydrogen-bond acceptors (Lipinski definition) is 3. The Hall–Kier alpha value is -1.08. The summed E-state index contributed by atoms with van der Waals surface area (Å²) in [5, 5.41) is 3.53. The normalized spacial score (nSPS) is 11.2. The first kappa shape index (κ1) is 13.9. The van der Waals surface area contributed by atoms with E-state index >= 15 is 0 Å². The minimum absolute atomic E-state index is 0.796. The van der Waals surface area contributed by atoms with Gasteiger partial charge in [0.05, 0.1) is 17.9 Å².